The highest BCUT2D eigenvalue weighted by atomic mass is 32.1. The van der Waals surface area contributed by atoms with Crippen molar-refractivity contribution in [3.05, 3.63) is 51.5 Å². The van der Waals surface area contributed by atoms with Gasteiger partial charge in [0.15, 0.2) is 0 Å². The fraction of sp³-hybridized carbons (Fsp3) is 0.480. The van der Waals surface area contributed by atoms with E-state index in [1.54, 1.807) is 0 Å². The zero-order valence-corrected chi connectivity index (χ0v) is 18.3. The maximum atomic E-state index is 10.7. The first-order valence-corrected chi connectivity index (χ1v) is 11.5. The Morgan fingerprint density at radius 2 is 1.82 bits per heavy atom. The average Bonchev–Trinajstić information content (AvgIpc) is 3.04. The highest BCUT2D eigenvalue weighted by Gasteiger charge is 2.28. The molecule has 3 aromatic rings. The van der Waals surface area contributed by atoms with Gasteiger partial charge >= 0.3 is 0 Å². The molecule has 1 aliphatic carbocycles. The number of fused-ring (bicyclic) bond motifs is 3. The van der Waals surface area contributed by atoms with E-state index < -0.39 is 0 Å². The Morgan fingerprint density at radius 1 is 1.11 bits per heavy atom. The van der Waals surface area contributed by atoms with E-state index in [0.717, 1.165) is 25.0 Å². The fourth-order valence-electron chi connectivity index (χ4n) is 4.83. The molecule has 3 heteroatoms. The summed E-state index contributed by atoms with van der Waals surface area (Å²) in [5.74, 6) is 0.123. The molecular formula is C25H31NOS. The highest BCUT2D eigenvalue weighted by Crippen LogP contribution is 2.46. The van der Waals surface area contributed by atoms with Gasteiger partial charge in [-0.1, -0.05) is 43.2 Å². The summed E-state index contributed by atoms with van der Waals surface area (Å²) in [6.45, 7) is 8.41. The van der Waals surface area contributed by atoms with Gasteiger partial charge in [0.25, 0.3) is 0 Å². The standard InChI is InChI=1S/C25H31NOS/c1-5-8-19(17(4)27)22-16(3)26-25-24(20-9-6-7-10-21(20)28-25)23(22)18-13-11-15(2)12-14-18/h11-14,17,19,27H,5-10H2,1-4H3. The molecule has 0 saturated carbocycles. The number of aliphatic hydroxyl groups is 1. The number of aromatic nitrogens is 1. The lowest BCUT2D eigenvalue weighted by Crippen LogP contribution is -2.17. The summed E-state index contributed by atoms with van der Waals surface area (Å²) in [5.41, 5.74) is 7.75. The summed E-state index contributed by atoms with van der Waals surface area (Å²) >= 11 is 1.89. The lowest BCUT2D eigenvalue weighted by molar-refractivity contribution is 0.157. The number of rotatable bonds is 5. The molecule has 0 fully saturated rings. The van der Waals surface area contributed by atoms with Crippen molar-refractivity contribution in [3.63, 3.8) is 0 Å². The number of nitrogens with zero attached hydrogens (tertiary/aromatic N) is 1. The van der Waals surface area contributed by atoms with E-state index in [1.165, 1.54) is 62.2 Å². The fourth-order valence-corrected chi connectivity index (χ4v) is 6.14. The van der Waals surface area contributed by atoms with Gasteiger partial charge in [0.2, 0.25) is 0 Å². The SMILES string of the molecule is CCCC(c1c(C)nc2sc3c(c2c1-c1ccc(C)cc1)CCCC3)C(C)O. The summed E-state index contributed by atoms with van der Waals surface area (Å²) in [4.78, 5) is 7.79. The van der Waals surface area contributed by atoms with Gasteiger partial charge in [-0.2, -0.15) is 0 Å². The molecule has 0 spiro atoms. The first kappa shape index (κ1) is 19.6. The third-order valence-electron chi connectivity index (χ3n) is 6.22. The normalized spacial score (nSPS) is 16.2. The molecule has 0 aliphatic heterocycles. The average molecular weight is 394 g/mol. The second-order valence-electron chi connectivity index (χ2n) is 8.38. The van der Waals surface area contributed by atoms with E-state index in [1.807, 2.05) is 18.3 Å². The van der Waals surface area contributed by atoms with Crippen molar-refractivity contribution in [1.29, 1.82) is 0 Å². The first-order valence-electron chi connectivity index (χ1n) is 10.7. The second-order valence-corrected chi connectivity index (χ2v) is 9.46. The van der Waals surface area contributed by atoms with Crippen LogP contribution >= 0.6 is 11.3 Å². The third-order valence-corrected chi connectivity index (χ3v) is 7.41. The van der Waals surface area contributed by atoms with Crippen molar-refractivity contribution in [2.45, 2.75) is 78.2 Å². The minimum atomic E-state index is -0.378. The Kier molecular flexibility index (Phi) is 5.57. The molecule has 1 aromatic carbocycles. The number of aryl methyl sites for hydroxylation is 4. The first-order chi connectivity index (χ1) is 13.5. The molecule has 148 valence electrons. The molecule has 28 heavy (non-hydrogen) atoms. The Balaban J connectivity index is 2.08. The minimum absolute atomic E-state index is 0.123. The van der Waals surface area contributed by atoms with E-state index in [0.29, 0.717) is 0 Å². The Labute approximate surface area is 172 Å². The quantitative estimate of drug-likeness (QED) is 0.522. The maximum absolute atomic E-state index is 10.7. The monoisotopic (exact) mass is 393 g/mol. The second kappa shape index (κ2) is 7.96. The van der Waals surface area contributed by atoms with Gasteiger partial charge < -0.3 is 5.11 Å². The number of benzene rings is 1. The topological polar surface area (TPSA) is 33.1 Å². The highest BCUT2D eigenvalue weighted by molar-refractivity contribution is 7.19. The summed E-state index contributed by atoms with van der Waals surface area (Å²) in [6, 6.07) is 8.92. The third kappa shape index (κ3) is 3.40. The molecule has 4 rings (SSSR count). The van der Waals surface area contributed by atoms with Gasteiger partial charge in [0.05, 0.1) is 6.10 Å². The molecule has 2 aromatic heterocycles. The van der Waals surface area contributed by atoms with Crippen molar-refractivity contribution >= 4 is 21.6 Å². The Bertz CT molecular complexity index is 984. The number of hydrogen-bond donors (Lipinski definition) is 1. The van der Waals surface area contributed by atoms with Gasteiger partial charge in [0.1, 0.15) is 4.83 Å². The van der Waals surface area contributed by atoms with E-state index >= 15 is 0 Å². The zero-order chi connectivity index (χ0) is 19.8. The molecule has 2 heterocycles. The molecule has 0 radical (unpaired) electrons. The zero-order valence-electron chi connectivity index (χ0n) is 17.5. The van der Waals surface area contributed by atoms with E-state index in [4.69, 9.17) is 4.98 Å². The number of hydrogen-bond acceptors (Lipinski definition) is 3. The van der Waals surface area contributed by atoms with Gasteiger partial charge in [-0.3, -0.25) is 0 Å². The molecule has 2 atom stereocenters. The van der Waals surface area contributed by atoms with Crippen LogP contribution in [0.2, 0.25) is 0 Å². The van der Waals surface area contributed by atoms with E-state index in [-0.39, 0.29) is 12.0 Å². The van der Waals surface area contributed by atoms with Crippen LogP contribution in [0, 0.1) is 13.8 Å². The summed E-state index contributed by atoms with van der Waals surface area (Å²) < 4.78 is 0. The van der Waals surface area contributed by atoms with Crippen LogP contribution in [0.4, 0.5) is 0 Å². The van der Waals surface area contributed by atoms with Crippen LogP contribution in [0.1, 0.15) is 72.7 Å². The predicted octanol–water partition coefficient (Wildman–Crippen LogP) is 6.72. The summed E-state index contributed by atoms with van der Waals surface area (Å²) in [6.07, 6.45) is 6.57. The maximum Gasteiger partial charge on any atom is 0.124 e. The van der Waals surface area contributed by atoms with Crippen molar-refractivity contribution in [2.24, 2.45) is 0 Å². The van der Waals surface area contributed by atoms with Crippen LogP contribution in [-0.4, -0.2) is 16.2 Å². The van der Waals surface area contributed by atoms with Crippen molar-refractivity contribution in [2.75, 3.05) is 0 Å². The van der Waals surface area contributed by atoms with Crippen LogP contribution in [0.3, 0.4) is 0 Å². The predicted molar refractivity (Wildman–Crippen MR) is 121 cm³/mol. The van der Waals surface area contributed by atoms with Gasteiger partial charge in [0, 0.05) is 21.9 Å². The largest absolute Gasteiger partial charge is 0.393 e. The number of pyridine rings is 1. The number of aliphatic hydroxyl groups excluding tert-OH is 1. The molecule has 0 amide bonds. The lowest BCUT2D eigenvalue weighted by Gasteiger charge is -2.26. The summed E-state index contributed by atoms with van der Waals surface area (Å²) in [7, 11) is 0. The van der Waals surface area contributed by atoms with E-state index in [9.17, 15) is 5.11 Å². The Morgan fingerprint density at radius 3 is 2.50 bits per heavy atom. The number of thiophene rings is 1. The molecule has 1 aliphatic rings. The van der Waals surface area contributed by atoms with Crippen molar-refractivity contribution in [1.82, 2.24) is 4.98 Å². The summed E-state index contributed by atoms with van der Waals surface area (Å²) in [5, 5.41) is 12.0. The van der Waals surface area contributed by atoms with Crippen LogP contribution in [0.5, 0.6) is 0 Å². The van der Waals surface area contributed by atoms with Crippen molar-refractivity contribution < 1.29 is 5.11 Å². The lowest BCUT2D eigenvalue weighted by atomic mass is 9.81. The van der Waals surface area contributed by atoms with Crippen LogP contribution in [0.15, 0.2) is 24.3 Å². The van der Waals surface area contributed by atoms with E-state index in [2.05, 4.69) is 45.0 Å². The van der Waals surface area contributed by atoms with Gasteiger partial charge in [-0.05, 0) is 75.1 Å². The molecule has 2 unspecified atom stereocenters. The molecule has 0 saturated heterocycles. The Hall–Kier alpha value is -1.71. The van der Waals surface area contributed by atoms with Crippen LogP contribution < -0.4 is 0 Å². The molecule has 2 nitrogen and oxygen atoms in total. The van der Waals surface area contributed by atoms with Gasteiger partial charge in [-0.15, -0.1) is 11.3 Å². The smallest absolute Gasteiger partial charge is 0.124 e. The molecule has 0 bridgehead atoms. The minimum Gasteiger partial charge on any atom is -0.393 e. The molecular weight excluding hydrogens is 362 g/mol. The molecule has 1 N–H and O–H groups in total. The van der Waals surface area contributed by atoms with Crippen LogP contribution in [-0.2, 0) is 12.8 Å². The van der Waals surface area contributed by atoms with Crippen LogP contribution in [0.25, 0.3) is 21.3 Å². The van der Waals surface area contributed by atoms with Crippen molar-refractivity contribution in [3.8, 4) is 11.1 Å². The van der Waals surface area contributed by atoms with Gasteiger partial charge in [-0.25, -0.2) is 4.98 Å².